The molecule has 108 valence electrons. The van der Waals surface area contributed by atoms with E-state index in [1.165, 1.54) is 0 Å². The molecule has 0 amide bonds. The summed E-state index contributed by atoms with van der Waals surface area (Å²) in [5, 5.41) is 8.66. The highest BCUT2D eigenvalue weighted by Crippen LogP contribution is 2.11. The van der Waals surface area contributed by atoms with Gasteiger partial charge in [0.1, 0.15) is 12.4 Å². The molecule has 0 aromatic heterocycles. The summed E-state index contributed by atoms with van der Waals surface area (Å²) in [5.41, 5.74) is 0.943. The van der Waals surface area contributed by atoms with E-state index in [9.17, 15) is 0 Å². The zero-order valence-electron chi connectivity index (χ0n) is 11.7. The van der Waals surface area contributed by atoms with Crippen LogP contribution >= 0.6 is 0 Å². The number of benzene rings is 1. The predicted molar refractivity (Wildman–Crippen MR) is 77.8 cm³/mol. The Bertz CT molecular complexity index is 441. The molecule has 1 fully saturated rings. The quantitative estimate of drug-likeness (QED) is 0.818. The van der Waals surface area contributed by atoms with Crippen LogP contribution in [0.3, 0.4) is 0 Å². The molecule has 0 atom stereocenters. The zero-order valence-corrected chi connectivity index (χ0v) is 11.7. The Balaban J connectivity index is 1.72. The highest BCUT2D eigenvalue weighted by molar-refractivity contribution is 5.38. The van der Waals surface area contributed by atoms with Crippen LogP contribution in [0.4, 0.5) is 0 Å². The fourth-order valence-corrected chi connectivity index (χ4v) is 1.97. The minimum absolute atomic E-state index is 0.107. The number of nitrogens with zero attached hydrogens (tertiary/aromatic N) is 1. The van der Waals surface area contributed by atoms with E-state index >= 15 is 0 Å². The molecule has 0 saturated carbocycles. The van der Waals surface area contributed by atoms with Crippen molar-refractivity contribution in [1.29, 1.82) is 0 Å². The van der Waals surface area contributed by atoms with Gasteiger partial charge in [0.15, 0.2) is 0 Å². The number of hydrogen-bond acceptors (Lipinski definition) is 4. The van der Waals surface area contributed by atoms with E-state index in [1.807, 2.05) is 24.3 Å². The average Bonchev–Trinajstić information content (AvgIpc) is 2.50. The van der Waals surface area contributed by atoms with Crippen molar-refractivity contribution in [3.63, 3.8) is 0 Å². The number of ether oxygens (including phenoxy) is 2. The number of morpholine rings is 1. The Kier molecular flexibility index (Phi) is 6.39. The van der Waals surface area contributed by atoms with Gasteiger partial charge in [-0.25, -0.2) is 0 Å². The van der Waals surface area contributed by atoms with Crippen LogP contribution < -0.4 is 4.74 Å². The van der Waals surface area contributed by atoms with Gasteiger partial charge >= 0.3 is 0 Å². The van der Waals surface area contributed by atoms with Gasteiger partial charge in [0, 0.05) is 31.6 Å². The molecule has 0 radical (unpaired) electrons. The monoisotopic (exact) mass is 275 g/mol. The molecule has 1 aliphatic heterocycles. The molecule has 20 heavy (non-hydrogen) atoms. The summed E-state index contributed by atoms with van der Waals surface area (Å²) in [6.45, 7) is 5.35. The summed E-state index contributed by atoms with van der Waals surface area (Å²) in [6, 6.07) is 7.74. The number of hydrogen-bond donors (Lipinski definition) is 1. The molecule has 1 N–H and O–H groups in total. The molecule has 1 aliphatic rings. The second kappa shape index (κ2) is 8.60. The van der Waals surface area contributed by atoms with Gasteiger partial charge in [-0.2, -0.15) is 0 Å². The van der Waals surface area contributed by atoms with Crippen LogP contribution in [0.5, 0.6) is 5.75 Å². The Morgan fingerprint density at radius 2 is 1.95 bits per heavy atom. The highest BCUT2D eigenvalue weighted by atomic mass is 16.5. The van der Waals surface area contributed by atoms with Gasteiger partial charge in [0.05, 0.1) is 19.8 Å². The molecule has 0 bridgehead atoms. The van der Waals surface area contributed by atoms with Crippen molar-refractivity contribution < 1.29 is 14.6 Å². The molecular formula is C16H21NO3. The maximum absolute atomic E-state index is 8.66. The maximum Gasteiger partial charge on any atom is 0.119 e. The van der Waals surface area contributed by atoms with E-state index in [0.29, 0.717) is 13.0 Å². The van der Waals surface area contributed by atoms with E-state index in [1.54, 1.807) is 0 Å². The van der Waals surface area contributed by atoms with E-state index < -0.39 is 0 Å². The molecule has 0 aliphatic carbocycles. The van der Waals surface area contributed by atoms with Crippen molar-refractivity contribution in [3.05, 3.63) is 29.8 Å². The van der Waals surface area contributed by atoms with E-state index in [-0.39, 0.29) is 6.61 Å². The lowest BCUT2D eigenvalue weighted by Crippen LogP contribution is -2.38. The van der Waals surface area contributed by atoms with Crippen LogP contribution in [0.15, 0.2) is 24.3 Å². The van der Waals surface area contributed by atoms with Crippen LogP contribution in [0, 0.1) is 11.8 Å². The van der Waals surface area contributed by atoms with Crippen molar-refractivity contribution >= 4 is 0 Å². The summed E-state index contributed by atoms with van der Waals surface area (Å²) in [7, 11) is 0. The highest BCUT2D eigenvalue weighted by Gasteiger charge is 2.09. The first-order valence-corrected chi connectivity index (χ1v) is 7.01. The minimum atomic E-state index is 0.107. The molecule has 4 nitrogen and oxygen atoms in total. The first-order chi connectivity index (χ1) is 9.88. The summed E-state index contributed by atoms with van der Waals surface area (Å²) < 4.78 is 11.0. The van der Waals surface area contributed by atoms with E-state index in [0.717, 1.165) is 44.2 Å². The number of aliphatic hydroxyl groups excluding tert-OH is 1. The Hall–Kier alpha value is -1.54. The average molecular weight is 275 g/mol. The van der Waals surface area contributed by atoms with Crippen LogP contribution in [-0.4, -0.2) is 56.1 Å². The number of rotatable bonds is 5. The smallest absolute Gasteiger partial charge is 0.119 e. The Labute approximate surface area is 120 Å². The fourth-order valence-electron chi connectivity index (χ4n) is 1.97. The zero-order chi connectivity index (χ0) is 14.0. The van der Waals surface area contributed by atoms with Crippen molar-refractivity contribution in [2.45, 2.75) is 6.42 Å². The lowest BCUT2D eigenvalue weighted by Gasteiger charge is -2.26. The largest absolute Gasteiger partial charge is 0.492 e. The molecule has 4 heteroatoms. The minimum Gasteiger partial charge on any atom is -0.492 e. The van der Waals surface area contributed by atoms with Gasteiger partial charge in [-0.1, -0.05) is 11.8 Å². The topological polar surface area (TPSA) is 41.9 Å². The standard InChI is InChI=1S/C16H21NO3/c18-11-2-1-3-15-4-6-16(7-5-15)20-14-10-17-8-12-19-13-9-17/h4-7,18H,2,8-14H2. The van der Waals surface area contributed by atoms with Gasteiger partial charge in [-0.3, -0.25) is 4.90 Å². The summed E-state index contributed by atoms with van der Waals surface area (Å²) in [6.07, 6.45) is 0.512. The van der Waals surface area contributed by atoms with Crippen molar-refractivity contribution in [2.75, 3.05) is 46.1 Å². The fraction of sp³-hybridized carbons (Fsp3) is 0.500. The molecule has 1 heterocycles. The molecule has 1 aromatic carbocycles. The Morgan fingerprint density at radius 1 is 1.20 bits per heavy atom. The van der Waals surface area contributed by atoms with Gasteiger partial charge in [0.25, 0.3) is 0 Å². The van der Waals surface area contributed by atoms with Gasteiger partial charge in [0.2, 0.25) is 0 Å². The normalized spacial score (nSPS) is 15.4. The third-order valence-electron chi connectivity index (χ3n) is 3.10. The van der Waals surface area contributed by atoms with Gasteiger partial charge in [-0.15, -0.1) is 0 Å². The molecule has 2 rings (SSSR count). The lowest BCUT2D eigenvalue weighted by atomic mass is 10.2. The summed E-state index contributed by atoms with van der Waals surface area (Å²) in [4.78, 5) is 2.35. The van der Waals surface area contributed by atoms with Crippen LogP contribution in [0.25, 0.3) is 0 Å². The van der Waals surface area contributed by atoms with Crippen molar-refractivity contribution in [2.24, 2.45) is 0 Å². The summed E-state index contributed by atoms with van der Waals surface area (Å²) >= 11 is 0. The number of aliphatic hydroxyl groups is 1. The molecule has 0 spiro atoms. The van der Waals surface area contributed by atoms with Crippen molar-refractivity contribution in [3.8, 4) is 17.6 Å². The predicted octanol–water partition coefficient (Wildman–Crippen LogP) is 1.13. The second-order valence-corrected chi connectivity index (χ2v) is 4.60. The SMILES string of the molecule is OCCC#Cc1ccc(OCCN2CCOCC2)cc1. The molecule has 1 saturated heterocycles. The van der Waals surface area contributed by atoms with Gasteiger partial charge in [-0.05, 0) is 24.3 Å². The first kappa shape index (κ1) is 14.9. The Morgan fingerprint density at radius 3 is 2.65 bits per heavy atom. The van der Waals surface area contributed by atoms with Crippen LogP contribution in [0.1, 0.15) is 12.0 Å². The summed E-state index contributed by atoms with van der Waals surface area (Å²) in [5.74, 6) is 6.76. The first-order valence-electron chi connectivity index (χ1n) is 7.01. The molecular weight excluding hydrogens is 254 g/mol. The lowest BCUT2D eigenvalue weighted by molar-refractivity contribution is 0.0322. The third kappa shape index (κ3) is 5.22. The van der Waals surface area contributed by atoms with E-state index in [2.05, 4.69) is 16.7 Å². The van der Waals surface area contributed by atoms with Gasteiger partial charge < -0.3 is 14.6 Å². The van der Waals surface area contributed by atoms with Crippen LogP contribution in [0.2, 0.25) is 0 Å². The van der Waals surface area contributed by atoms with Crippen molar-refractivity contribution in [1.82, 2.24) is 4.90 Å². The molecule has 0 unspecified atom stereocenters. The van der Waals surface area contributed by atoms with Crippen LogP contribution in [-0.2, 0) is 4.74 Å². The van der Waals surface area contributed by atoms with E-state index in [4.69, 9.17) is 14.6 Å². The maximum atomic E-state index is 8.66. The molecule has 1 aromatic rings. The second-order valence-electron chi connectivity index (χ2n) is 4.60. The third-order valence-corrected chi connectivity index (χ3v) is 3.10.